The Balaban J connectivity index is 2.43. The fourth-order valence-electron chi connectivity index (χ4n) is 2.12. The van der Waals surface area contributed by atoms with E-state index in [1.54, 1.807) is 12.3 Å². The first kappa shape index (κ1) is 15.9. The van der Waals surface area contributed by atoms with Gasteiger partial charge in [0.05, 0.1) is 5.69 Å². The second kappa shape index (κ2) is 7.49. The summed E-state index contributed by atoms with van der Waals surface area (Å²) >= 11 is 0. The molecule has 0 radical (unpaired) electrons. The van der Waals surface area contributed by atoms with Gasteiger partial charge in [-0.05, 0) is 31.0 Å². The van der Waals surface area contributed by atoms with Crippen LogP contribution < -0.4 is 5.56 Å². The second-order valence-electron chi connectivity index (χ2n) is 5.05. The standard InChI is InChI=1S/C16H19N3O3/c1-2-3-10-19-16(22)12(7-8-15(20)21)11-14(18-19)13-6-4-5-9-17-13/h4-6,9,11H,2-3,7-8,10H2,1H3,(H,20,21). The van der Waals surface area contributed by atoms with Crippen molar-refractivity contribution in [2.24, 2.45) is 0 Å². The van der Waals surface area contributed by atoms with E-state index in [1.807, 2.05) is 25.1 Å². The number of carboxylic acids is 1. The summed E-state index contributed by atoms with van der Waals surface area (Å²) in [6.07, 6.45) is 3.58. The third-order valence-corrected chi connectivity index (χ3v) is 3.31. The van der Waals surface area contributed by atoms with Crippen molar-refractivity contribution in [3.8, 4) is 11.4 Å². The fraction of sp³-hybridized carbons (Fsp3) is 0.375. The summed E-state index contributed by atoms with van der Waals surface area (Å²) in [5.74, 6) is -0.921. The van der Waals surface area contributed by atoms with Crippen LogP contribution in [-0.2, 0) is 17.8 Å². The van der Waals surface area contributed by atoms with Gasteiger partial charge in [-0.3, -0.25) is 14.6 Å². The van der Waals surface area contributed by atoms with E-state index in [1.165, 1.54) is 4.68 Å². The van der Waals surface area contributed by atoms with Crippen molar-refractivity contribution in [1.29, 1.82) is 0 Å². The maximum Gasteiger partial charge on any atom is 0.303 e. The lowest BCUT2D eigenvalue weighted by molar-refractivity contribution is -0.136. The molecule has 0 amide bonds. The van der Waals surface area contributed by atoms with E-state index < -0.39 is 5.97 Å². The fourth-order valence-corrected chi connectivity index (χ4v) is 2.12. The van der Waals surface area contributed by atoms with Gasteiger partial charge in [0, 0.05) is 24.7 Å². The number of hydrogen-bond acceptors (Lipinski definition) is 4. The molecule has 0 spiro atoms. The van der Waals surface area contributed by atoms with Crippen LogP contribution >= 0.6 is 0 Å². The van der Waals surface area contributed by atoms with Crippen LogP contribution in [0.1, 0.15) is 31.7 Å². The molecule has 116 valence electrons. The summed E-state index contributed by atoms with van der Waals surface area (Å²) in [6.45, 7) is 2.56. The number of aromatic nitrogens is 3. The topological polar surface area (TPSA) is 85.1 Å². The Morgan fingerprint density at radius 1 is 1.32 bits per heavy atom. The number of unbranched alkanes of at least 4 members (excludes halogenated alkanes) is 1. The van der Waals surface area contributed by atoms with E-state index in [2.05, 4.69) is 10.1 Å². The molecule has 0 aliphatic rings. The molecule has 2 heterocycles. The lowest BCUT2D eigenvalue weighted by Gasteiger charge is -2.09. The van der Waals surface area contributed by atoms with Gasteiger partial charge >= 0.3 is 5.97 Å². The third-order valence-electron chi connectivity index (χ3n) is 3.31. The molecule has 2 aromatic heterocycles. The van der Waals surface area contributed by atoms with Crippen molar-refractivity contribution in [2.75, 3.05) is 0 Å². The number of nitrogens with zero attached hydrogens (tertiary/aromatic N) is 3. The molecule has 6 heteroatoms. The minimum atomic E-state index is -0.921. The SMILES string of the molecule is CCCCn1nc(-c2ccccn2)cc(CCC(=O)O)c1=O. The van der Waals surface area contributed by atoms with Crippen molar-refractivity contribution in [2.45, 2.75) is 39.2 Å². The van der Waals surface area contributed by atoms with Crippen LogP contribution in [0.15, 0.2) is 35.3 Å². The highest BCUT2D eigenvalue weighted by molar-refractivity contribution is 5.67. The summed E-state index contributed by atoms with van der Waals surface area (Å²) < 4.78 is 1.42. The molecule has 2 rings (SSSR count). The molecular formula is C16H19N3O3. The van der Waals surface area contributed by atoms with Gasteiger partial charge in [-0.2, -0.15) is 5.10 Å². The molecule has 0 aliphatic carbocycles. The zero-order chi connectivity index (χ0) is 15.9. The highest BCUT2D eigenvalue weighted by Gasteiger charge is 2.11. The normalized spacial score (nSPS) is 10.6. The van der Waals surface area contributed by atoms with Gasteiger partial charge in [0.25, 0.3) is 5.56 Å². The Bertz CT molecular complexity index is 696. The molecule has 0 atom stereocenters. The van der Waals surface area contributed by atoms with E-state index in [9.17, 15) is 9.59 Å². The predicted molar refractivity (Wildman–Crippen MR) is 82.6 cm³/mol. The quantitative estimate of drug-likeness (QED) is 0.846. The van der Waals surface area contributed by atoms with E-state index in [4.69, 9.17) is 5.11 Å². The molecule has 2 aromatic rings. The molecule has 0 aromatic carbocycles. The van der Waals surface area contributed by atoms with Crippen molar-refractivity contribution in [3.63, 3.8) is 0 Å². The first-order valence-electron chi connectivity index (χ1n) is 7.36. The Morgan fingerprint density at radius 2 is 2.14 bits per heavy atom. The average Bonchev–Trinajstić information content (AvgIpc) is 2.53. The van der Waals surface area contributed by atoms with Crippen molar-refractivity contribution in [1.82, 2.24) is 14.8 Å². The number of carbonyl (C=O) groups is 1. The maximum atomic E-state index is 12.4. The minimum absolute atomic E-state index is 0.0747. The number of rotatable bonds is 7. The summed E-state index contributed by atoms with van der Waals surface area (Å²) in [6, 6.07) is 7.12. The number of hydrogen-bond donors (Lipinski definition) is 1. The molecule has 0 fully saturated rings. The van der Waals surface area contributed by atoms with Gasteiger partial charge in [0.1, 0.15) is 5.69 Å². The molecule has 6 nitrogen and oxygen atoms in total. The summed E-state index contributed by atoms with van der Waals surface area (Å²) in [5.41, 5.74) is 1.52. The van der Waals surface area contributed by atoms with Crippen molar-refractivity contribution in [3.05, 3.63) is 46.4 Å². The average molecular weight is 301 g/mol. The van der Waals surface area contributed by atoms with Crippen LogP contribution in [0.5, 0.6) is 0 Å². The number of pyridine rings is 1. The predicted octanol–water partition coefficient (Wildman–Crippen LogP) is 2.12. The summed E-state index contributed by atoms with van der Waals surface area (Å²) in [5, 5.41) is 13.2. The highest BCUT2D eigenvalue weighted by atomic mass is 16.4. The lowest BCUT2D eigenvalue weighted by atomic mass is 10.1. The summed E-state index contributed by atoms with van der Waals surface area (Å²) in [4.78, 5) is 27.4. The van der Waals surface area contributed by atoms with E-state index in [0.29, 0.717) is 23.5 Å². The summed E-state index contributed by atoms with van der Waals surface area (Å²) in [7, 11) is 0. The Labute approximate surface area is 128 Å². The molecule has 0 unspecified atom stereocenters. The highest BCUT2D eigenvalue weighted by Crippen LogP contribution is 2.14. The Morgan fingerprint density at radius 3 is 2.77 bits per heavy atom. The molecule has 22 heavy (non-hydrogen) atoms. The lowest BCUT2D eigenvalue weighted by Crippen LogP contribution is -2.27. The monoisotopic (exact) mass is 301 g/mol. The third kappa shape index (κ3) is 4.00. The largest absolute Gasteiger partial charge is 0.481 e. The first-order chi connectivity index (χ1) is 10.6. The van der Waals surface area contributed by atoms with E-state index >= 15 is 0 Å². The van der Waals surface area contributed by atoms with Crippen LogP contribution in [0.25, 0.3) is 11.4 Å². The molecule has 0 saturated heterocycles. The minimum Gasteiger partial charge on any atom is -0.481 e. The Hall–Kier alpha value is -2.50. The van der Waals surface area contributed by atoms with Gasteiger partial charge in [-0.15, -0.1) is 0 Å². The molecular weight excluding hydrogens is 282 g/mol. The smallest absolute Gasteiger partial charge is 0.303 e. The van der Waals surface area contributed by atoms with Gasteiger partial charge < -0.3 is 5.11 Å². The second-order valence-corrected chi connectivity index (χ2v) is 5.05. The van der Waals surface area contributed by atoms with Gasteiger partial charge in [-0.25, -0.2) is 4.68 Å². The first-order valence-corrected chi connectivity index (χ1v) is 7.36. The van der Waals surface area contributed by atoms with Gasteiger partial charge in [0.15, 0.2) is 0 Å². The molecule has 1 N–H and O–H groups in total. The van der Waals surface area contributed by atoms with Crippen LogP contribution in [0.3, 0.4) is 0 Å². The number of carboxylic acid groups (broad SMARTS) is 1. The van der Waals surface area contributed by atoms with Crippen molar-refractivity contribution < 1.29 is 9.90 Å². The van der Waals surface area contributed by atoms with Crippen LogP contribution in [0.4, 0.5) is 0 Å². The number of aryl methyl sites for hydroxylation is 2. The molecule has 0 aliphatic heterocycles. The Kier molecular flexibility index (Phi) is 5.41. The zero-order valence-electron chi connectivity index (χ0n) is 12.5. The number of aliphatic carboxylic acids is 1. The molecule has 0 bridgehead atoms. The van der Waals surface area contributed by atoms with Gasteiger partial charge in [0.2, 0.25) is 0 Å². The van der Waals surface area contributed by atoms with E-state index in [0.717, 1.165) is 12.8 Å². The maximum absolute atomic E-state index is 12.4. The van der Waals surface area contributed by atoms with Crippen molar-refractivity contribution >= 4 is 5.97 Å². The van der Waals surface area contributed by atoms with Crippen LogP contribution in [-0.4, -0.2) is 25.8 Å². The van der Waals surface area contributed by atoms with Crippen LogP contribution in [0.2, 0.25) is 0 Å². The molecule has 0 saturated carbocycles. The van der Waals surface area contributed by atoms with E-state index in [-0.39, 0.29) is 18.4 Å². The van der Waals surface area contributed by atoms with Crippen LogP contribution in [0, 0.1) is 0 Å². The zero-order valence-corrected chi connectivity index (χ0v) is 12.5. The van der Waals surface area contributed by atoms with Gasteiger partial charge in [-0.1, -0.05) is 19.4 Å².